The third-order valence-electron chi connectivity index (χ3n) is 9.42. The van der Waals surface area contributed by atoms with Crippen molar-refractivity contribution in [1.82, 2.24) is 15.1 Å². The highest BCUT2D eigenvalue weighted by Crippen LogP contribution is 2.27. The van der Waals surface area contributed by atoms with E-state index in [-0.39, 0.29) is 41.5 Å². The number of anilines is 2. The van der Waals surface area contributed by atoms with Gasteiger partial charge < -0.3 is 30.3 Å². The number of nitrogens with zero attached hydrogens (tertiary/aromatic N) is 4. The Kier molecular flexibility index (Phi) is 16.4. The molecule has 2 aliphatic heterocycles. The minimum Gasteiger partial charge on any atom is -0.378 e. The number of benzene rings is 4. The molecule has 0 saturated carbocycles. The number of para-hydroxylation sites is 2. The molecule has 0 radical (unpaired) electrons. The standard InChI is InChI=1S/C22H21ClF3N3O4.C20H22ClN3O3/c23-18-12-15(19(30)13-27-20(31)22(24,25)26)6-7-16(18)14-29(17-4-2-1-3-5-17)21(32)28-8-10-33-11-9-28;21-18-12-15(19(25)13-22)6-7-16(18)14-24(17-4-2-1-3-5-17)20(26)23-8-10-27-11-9-23/h1-7,12H,8-11,13-14H2,(H,27,31);1-7,12H,8-11,13-14,22H2. The van der Waals surface area contributed by atoms with Crippen LogP contribution in [0.3, 0.4) is 0 Å². The molecule has 13 nitrogen and oxygen atoms in total. The van der Waals surface area contributed by atoms with Crippen LogP contribution in [0.15, 0.2) is 97.1 Å². The number of amides is 5. The Hall–Kier alpha value is -5.52. The number of hydrogen-bond acceptors (Lipinski definition) is 8. The number of halogens is 5. The summed E-state index contributed by atoms with van der Waals surface area (Å²) in [6, 6.07) is 27.4. The van der Waals surface area contributed by atoms with Gasteiger partial charge in [0.25, 0.3) is 0 Å². The monoisotopic (exact) mass is 870 g/mol. The van der Waals surface area contributed by atoms with Gasteiger partial charge in [0.1, 0.15) is 0 Å². The Bertz CT molecular complexity index is 2120. The quantitative estimate of drug-likeness (QED) is 0.160. The fourth-order valence-electron chi connectivity index (χ4n) is 6.12. The van der Waals surface area contributed by atoms with E-state index in [1.807, 2.05) is 36.4 Å². The third-order valence-corrected chi connectivity index (χ3v) is 10.1. The van der Waals surface area contributed by atoms with E-state index in [1.54, 1.807) is 62.1 Å². The molecule has 0 spiro atoms. The summed E-state index contributed by atoms with van der Waals surface area (Å²) in [4.78, 5) is 67.8. The first-order valence-electron chi connectivity index (χ1n) is 18.8. The molecule has 0 atom stereocenters. The number of urea groups is 2. The van der Waals surface area contributed by atoms with Crippen molar-refractivity contribution in [3.05, 3.63) is 129 Å². The Morgan fingerprint density at radius 3 is 1.40 bits per heavy atom. The molecule has 2 heterocycles. The molecule has 2 saturated heterocycles. The lowest BCUT2D eigenvalue weighted by atomic mass is 10.1. The number of carbonyl (C=O) groups is 5. The molecule has 0 unspecified atom stereocenters. The molecule has 0 bridgehead atoms. The first kappa shape index (κ1) is 45.6. The molecule has 18 heteroatoms. The Morgan fingerprint density at radius 2 is 1.03 bits per heavy atom. The number of morpholine rings is 2. The van der Waals surface area contributed by atoms with Crippen LogP contribution in [-0.2, 0) is 27.4 Å². The van der Waals surface area contributed by atoms with Crippen LogP contribution in [-0.4, -0.2) is 111 Å². The largest absolute Gasteiger partial charge is 0.471 e. The number of nitrogens with one attached hydrogen (secondary N) is 1. The van der Waals surface area contributed by atoms with Crippen LogP contribution in [0.2, 0.25) is 10.0 Å². The van der Waals surface area contributed by atoms with E-state index in [0.717, 1.165) is 11.3 Å². The van der Waals surface area contributed by atoms with Gasteiger partial charge in [-0.15, -0.1) is 0 Å². The molecule has 60 heavy (non-hydrogen) atoms. The number of alkyl halides is 3. The number of Topliss-reactive ketones (excluding diaryl/α,β-unsaturated/α-hetero) is 2. The van der Waals surface area contributed by atoms with Gasteiger partial charge >= 0.3 is 24.1 Å². The summed E-state index contributed by atoms with van der Waals surface area (Å²) in [5.41, 5.74) is 8.66. The number of carbonyl (C=O) groups excluding carboxylic acids is 5. The van der Waals surface area contributed by atoms with Crippen molar-refractivity contribution in [3.63, 3.8) is 0 Å². The van der Waals surface area contributed by atoms with Gasteiger partial charge in [-0.2, -0.15) is 13.2 Å². The highest BCUT2D eigenvalue weighted by Gasteiger charge is 2.38. The molecule has 2 aliphatic rings. The zero-order chi connectivity index (χ0) is 43.2. The first-order chi connectivity index (χ1) is 28.8. The van der Waals surface area contributed by atoms with Crippen molar-refractivity contribution >= 4 is 64.1 Å². The number of hydrogen-bond donors (Lipinski definition) is 2. The molecular formula is C42H43Cl2F3N6O7. The summed E-state index contributed by atoms with van der Waals surface area (Å²) < 4.78 is 47.5. The lowest BCUT2D eigenvalue weighted by Crippen LogP contribution is -2.48. The smallest absolute Gasteiger partial charge is 0.378 e. The number of rotatable bonds is 11. The Balaban J connectivity index is 0.000000232. The third kappa shape index (κ3) is 12.5. The van der Waals surface area contributed by atoms with E-state index in [0.29, 0.717) is 81.0 Å². The van der Waals surface area contributed by atoms with Gasteiger partial charge in [0.2, 0.25) is 0 Å². The molecule has 5 amide bonds. The van der Waals surface area contributed by atoms with E-state index in [2.05, 4.69) is 0 Å². The van der Waals surface area contributed by atoms with E-state index in [4.69, 9.17) is 38.4 Å². The van der Waals surface area contributed by atoms with Gasteiger partial charge in [0.15, 0.2) is 11.6 Å². The molecule has 4 aromatic rings. The molecular weight excluding hydrogens is 828 g/mol. The van der Waals surface area contributed by atoms with Crippen LogP contribution in [0.5, 0.6) is 0 Å². The molecule has 0 aromatic heterocycles. The summed E-state index contributed by atoms with van der Waals surface area (Å²) >= 11 is 12.7. The van der Waals surface area contributed by atoms with Crippen LogP contribution in [0, 0.1) is 0 Å². The molecule has 0 aliphatic carbocycles. The summed E-state index contributed by atoms with van der Waals surface area (Å²) in [6.07, 6.45) is -5.07. The number of ether oxygens (including phenoxy) is 2. The lowest BCUT2D eigenvalue weighted by Gasteiger charge is -2.33. The highest BCUT2D eigenvalue weighted by atomic mass is 35.5. The zero-order valence-electron chi connectivity index (χ0n) is 32.3. The fraction of sp³-hybridized carbons (Fsp3) is 0.310. The van der Waals surface area contributed by atoms with Crippen LogP contribution in [0.1, 0.15) is 31.8 Å². The molecule has 3 N–H and O–H groups in total. The Labute approximate surface area is 354 Å². The number of ketones is 2. The van der Waals surface area contributed by atoms with Crippen LogP contribution >= 0.6 is 23.2 Å². The molecule has 6 rings (SSSR count). The Morgan fingerprint density at radius 1 is 0.633 bits per heavy atom. The normalized spacial score (nSPS) is 14.0. The first-order valence-corrected chi connectivity index (χ1v) is 19.6. The maximum Gasteiger partial charge on any atom is 0.471 e. The van der Waals surface area contributed by atoms with Gasteiger partial charge in [-0.1, -0.05) is 83.9 Å². The van der Waals surface area contributed by atoms with Crippen molar-refractivity contribution in [2.75, 3.05) is 75.5 Å². The minimum atomic E-state index is -5.07. The van der Waals surface area contributed by atoms with Gasteiger partial charge in [0.05, 0.1) is 52.6 Å². The van der Waals surface area contributed by atoms with Crippen molar-refractivity contribution in [2.24, 2.45) is 5.73 Å². The molecule has 318 valence electrons. The lowest BCUT2D eigenvalue weighted by molar-refractivity contribution is -0.173. The summed E-state index contributed by atoms with van der Waals surface area (Å²) in [6.45, 7) is 3.48. The highest BCUT2D eigenvalue weighted by molar-refractivity contribution is 6.32. The van der Waals surface area contributed by atoms with Crippen LogP contribution in [0.25, 0.3) is 0 Å². The van der Waals surface area contributed by atoms with Gasteiger partial charge in [-0.3, -0.25) is 24.2 Å². The SMILES string of the molecule is NCC(=O)c1ccc(CN(C(=O)N2CCOCC2)c2ccccc2)c(Cl)c1.O=C(CNC(=O)C(F)(F)F)c1ccc(CN(C(=O)N2CCOCC2)c2ccccc2)c(Cl)c1. The summed E-state index contributed by atoms with van der Waals surface area (Å²) in [5.74, 6) is -3.10. The molecule has 2 fully saturated rings. The van der Waals surface area contributed by atoms with Crippen LogP contribution in [0.4, 0.5) is 34.1 Å². The predicted molar refractivity (Wildman–Crippen MR) is 221 cm³/mol. The second kappa shape index (κ2) is 21.7. The number of nitrogens with two attached hydrogens (primary N) is 1. The van der Waals surface area contributed by atoms with Crippen molar-refractivity contribution < 1.29 is 46.6 Å². The van der Waals surface area contributed by atoms with E-state index in [9.17, 15) is 37.1 Å². The average molecular weight is 872 g/mol. The van der Waals surface area contributed by atoms with Gasteiger partial charge in [0, 0.05) is 58.7 Å². The average Bonchev–Trinajstić information content (AvgIpc) is 3.27. The second-order valence-corrected chi connectivity index (χ2v) is 14.3. The summed E-state index contributed by atoms with van der Waals surface area (Å²) in [7, 11) is 0. The van der Waals surface area contributed by atoms with Crippen molar-refractivity contribution in [2.45, 2.75) is 19.3 Å². The van der Waals surface area contributed by atoms with E-state index >= 15 is 0 Å². The van der Waals surface area contributed by atoms with Gasteiger partial charge in [-0.25, -0.2) is 9.59 Å². The fourth-order valence-corrected chi connectivity index (χ4v) is 6.61. The second-order valence-electron chi connectivity index (χ2n) is 13.5. The maximum atomic E-state index is 13.2. The topological polar surface area (TPSA) is 155 Å². The van der Waals surface area contributed by atoms with E-state index < -0.39 is 24.4 Å². The van der Waals surface area contributed by atoms with E-state index in [1.165, 1.54) is 23.5 Å². The van der Waals surface area contributed by atoms with Gasteiger partial charge in [-0.05, 0) is 47.5 Å². The zero-order valence-corrected chi connectivity index (χ0v) is 33.8. The van der Waals surface area contributed by atoms with Crippen molar-refractivity contribution in [3.8, 4) is 0 Å². The minimum absolute atomic E-state index is 0.0389. The predicted octanol–water partition coefficient (Wildman–Crippen LogP) is 6.60. The maximum absolute atomic E-state index is 13.2. The van der Waals surface area contributed by atoms with Crippen molar-refractivity contribution in [1.29, 1.82) is 0 Å². The molecule has 4 aromatic carbocycles. The summed E-state index contributed by atoms with van der Waals surface area (Å²) in [5, 5.41) is 2.14. The van der Waals surface area contributed by atoms with Crippen LogP contribution < -0.4 is 20.9 Å².